The fourth-order valence-corrected chi connectivity index (χ4v) is 1.74. The van der Waals surface area contributed by atoms with E-state index in [2.05, 4.69) is 5.32 Å². The van der Waals surface area contributed by atoms with E-state index in [1.165, 1.54) is 0 Å². The molecule has 1 aromatic rings. The SMILES string of the molecule is CCOc1cc(C)c(CNC(C)CO)cc1Cl. The first-order valence-corrected chi connectivity index (χ1v) is 6.22. The van der Waals surface area contributed by atoms with Crippen LogP contribution >= 0.6 is 11.6 Å². The summed E-state index contributed by atoms with van der Waals surface area (Å²) in [6.45, 7) is 7.33. The lowest BCUT2D eigenvalue weighted by Crippen LogP contribution is -2.28. The summed E-state index contributed by atoms with van der Waals surface area (Å²) in [4.78, 5) is 0. The van der Waals surface area contributed by atoms with Crippen LogP contribution < -0.4 is 10.1 Å². The Morgan fingerprint density at radius 3 is 2.76 bits per heavy atom. The fourth-order valence-electron chi connectivity index (χ4n) is 1.50. The molecule has 0 saturated carbocycles. The van der Waals surface area contributed by atoms with Crippen molar-refractivity contribution >= 4 is 11.6 Å². The number of aliphatic hydroxyl groups is 1. The van der Waals surface area contributed by atoms with Gasteiger partial charge in [0.25, 0.3) is 0 Å². The van der Waals surface area contributed by atoms with Crippen LogP contribution in [0.2, 0.25) is 5.02 Å². The standard InChI is InChI=1S/C13H20ClNO2/c1-4-17-13-5-9(2)11(6-12(13)14)7-15-10(3)8-16/h5-6,10,15-16H,4,7-8H2,1-3H3. The smallest absolute Gasteiger partial charge is 0.138 e. The Bertz CT molecular complexity index is 369. The van der Waals surface area contributed by atoms with Crippen molar-refractivity contribution in [1.82, 2.24) is 5.32 Å². The van der Waals surface area contributed by atoms with Gasteiger partial charge >= 0.3 is 0 Å². The number of hydrogen-bond acceptors (Lipinski definition) is 3. The van der Waals surface area contributed by atoms with E-state index < -0.39 is 0 Å². The van der Waals surface area contributed by atoms with Gasteiger partial charge in [-0.3, -0.25) is 0 Å². The van der Waals surface area contributed by atoms with Crippen molar-refractivity contribution in [2.75, 3.05) is 13.2 Å². The van der Waals surface area contributed by atoms with E-state index in [0.29, 0.717) is 18.2 Å². The van der Waals surface area contributed by atoms with Crippen molar-refractivity contribution in [3.8, 4) is 5.75 Å². The summed E-state index contributed by atoms with van der Waals surface area (Å²) in [5.74, 6) is 0.727. The van der Waals surface area contributed by atoms with E-state index in [1.807, 2.05) is 32.9 Å². The van der Waals surface area contributed by atoms with E-state index in [-0.39, 0.29) is 12.6 Å². The van der Waals surface area contributed by atoms with Gasteiger partial charge in [-0.15, -0.1) is 0 Å². The summed E-state index contributed by atoms with van der Waals surface area (Å²) in [6, 6.07) is 3.95. The molecule has 3 nitrogen and oxygen atoms in total. The normalized spacial score (nSPS) is 12.5. The van der Waals surface area contributed by atoms with Crippen LogP contribution in [0.1, 0.15) is 25.0 Å². The van der Waals surface area contributed by atoms with E-state index >= 15 is 0 Å². The zero-order valence-electron chi connectivity index (χ0n) is 10.6. The van der Waals surface area contributed by atoms with Gasteiger partial charge in [-0.25, -0.2) is 0 Å². The summed E-state index contributed by atoms with van der Waals surface area (Å²) in [5, 5.41) is 12.8. The predicted molar refractivity (Wildman–Crippen MR) is 70.7 cm³/mol. The van der Waals surface area contributed by atoms with Gasteiger partial charge in [0.05, 0.1) is 18.2 Å². The third kappa shape index (κ3) is 4.19. The fraction of sp³-hybridized carbons (Fsp3) is 0.538. The second-order valence-corrected chi connectivity index (χ2v) is 4.51. The van der Waals surface area contributed by atoms with Gasteiger partial charge in [-0.1, -0.05) is 11.6 Å². The van der Waals surface area contributed by atoms with Gasteiger partial charge in [-0.05, 0) is 44.0 Å². The first-order valence-electron chi connectivity index (χ1n) is 5.84. The molecule has 0 saturated heterocycles. The average molecular weight is 258 g/mol. The van der Waals surface area contributed by atoms with E-state index in [9.17, 15) is 0 Å². The van der Waals surface area contributed by atoms with Crippen LogP contribution in [-0.2, 0) is 6.54 Å². The predicted octanol–water partition coefficient (Wildman–Crippen LogP) is 2.52. The third-order valence-electron chi connectivity index (χ3n) is 2.61. The van der Waals surface area contributed by atoms with E-state index in [4.69, 9.17) is 21.4 Å². The molecule has 1 aromatic carbocycles. The molecule has 0 heterocycles. The Balaban J connectivity index is 2.77. The number of aliphatic hydroxyl groups excluding tert-OH is 1. The summed E-state index contributed by atoms with van der Waals surface area (Å²) in [7, 11) is 0. The Labute approximate surface area is 108 Å². The second-order valence-electron chi connectivity index (χ2n) is 4.11. The first-order chi connectivity index (χ1) is 8.08. The van der Waals surface area contributed by atoms with Crippen molar-refractivity contribution in [2.24, 2.45) is 0 Å². The molecule has 0 aromatic heterocycles. The largest absolute Gasteiger partial charge is 0.492 e. The average Bonchev–Trinajstić information content (AvgIpc) is 2.31. The second kappa shape index (κ2) is 6.84. The molecule has 0 aliphatic carbocycles. The van der Waals surface area contributed by atoms with Gasteiger partial charge in [-0.2, -0.15) is 0 Å². The highest BCUT2D eigenvalue weighted by molar-refractivity contribution is 6.32. The molecule has 4 heteroatoms. The van der Waals surface area contributed by atoms with E-state index in [1.54, 1.807) is 0 Å². The molecule has 0 amide bonds. The number of ether oxygens (including phenoxy) is 1. The summed E-state index contributed by atoms with van der Waals surface area (Å²) in [6.07, 6.45) is 0. The molecule has 0 radical (unpaired) electrons. The van der Waals surface area contributed by atoms with Crippen LogP contribution in [0.5, 0.6) is 5.75 Å². The molecule has 2 N–H and O–H groups in total. The molecule has 1 rings (SSSR count). The summed E-state index contributed by atoms with van der Waals surface area (Å²) in [5.41, 5.74) is 2.26. The van der Waals surface area contributed by atoms with Gasteiger partial charge in [0, 0.05) is 12.6 Å². The molecular weight excluding hydrogens is 238 g/mol. The van der Waals surface area contributed by atoms with Crippen LogP contribution in [0.4, 0.5) is 0 Å². The number of rotatable bonds is 6. The maximum Gasteiger partial charge on any atom is 0.138 e. The van der Waals surface area contributed by atoms with Crippen LogP contribution in [0.3, 0.4) is 0 Å². The Morgan fingerprint density at radius 2 is 2.18 bits per heavy atom. The number of benzene rings is 1. The zero-order chi connectivity index (χ0) is 12.8. The highest BCUT2D eigenvalue weighted by atomic mass is 35.5. The van der Waals surface area contributed by atoms with Gasteiger partial charge in [0.15, 0.2) is 0 Å². The van der Waals surface area contributed by atoms with Crippen molar-refractivity contribution in [3.63, 3.8) is 0 Å². The van der Waals surface area contributed by atoms with Crippen molar-refractivity contribution in [2.45, 2.75) is 33.4 Å². The van der Waals surface area contributed by atoms with Gasteiger partial charge in [0.2, 0.25) is 0 Å². The van der Waals surface area contributed by atoms with Crippen molar-refractivity contribution < 1.29 is 9.84 Å². The van der Waals surface area contributed by atoms with Crippen LogP contribution in [0.15, 0.2) is 12.1 Å². The Kier molecular flexibility index (Phi) is 5.75. The van der Waals surface area contributed by atoms with Gasteiger partial charge < -0.3 is 15.2 Å². The van der Waals surface area contributed by atoms with E-state index in [0.717, 1.165) is 16.9 Å². The highest BCUT2D eigenvalue weighted by Crippen LogP contribution is 2.28. The molecule has 17 heavy (non-hydrogen) atoms. The minimum Gasteiger partial charge on any atom is -0.492 e. The molecule has 0 spiro atoms. The monoisotopic (exact) mass is 257 g/mol. The summed E-state index contributed by atoms with van der Waals surface area (Å²) >= 11 is 6.13. The Hall–Kier alpha value is -0.770. The molecule has 0 aliphatic heterocycles. The lowest BCUT2D eigenvalue weighted by atomic mass is 10.1. The lowest BCUT2D eigenvalue weighted by molar-refractivity contribution is 0.251. The van der Waals surface area contributed by atoms with Crippen molar-refractivity contribution in [3.05, 3.63) is 28.3 Å². The third-order valence-corrected chi connectivity index (χ3v) is 2.90. The van der Waals surface area contributed by atoms with Gasteiger partial charge in [0.1, 0.15) is 5.75 Å². The summed E-state index contributed by atoms with van der Waals surface area (Å²) < 4.78 is 5.43. The van der Waals surface area contributed by atoms with Crippen LogP contribution in [0, 0.1) is 6.92 Å². The molecule has 0 fully saturated rings. The number of hydrogen-bond donors (Lipinski definition) is 2. The molecule has 96 valence electrons. The van der Waals surface area contributed by atoms with Crippen LogP contribution in [-0.4, -0.2) is 24.4 Å². The lowest BCUT2D eigenvalue weighted by Gasteiger charge is -2.14. The topological polar surface area (TPSA) is 41.5 Å². The maximum absolute atomic E-state index is 8.94. The molecular formula is C13H20ClNO2. The number of aryl methyl sites for hydroxylation is 1. The van der Waals surface area contributed by atoms with Crippen molar-refractivity contribution in [1.29, 1.82) is 0 Å². The number of halogens is 1. The zero-order valence-corrected chi connectivity index (χ0v) is 11.3. The van der Waals surface area contributed by atoms with Crippen LogP contribution in [0.25, 0.3) is 0 Å². The maximum atomic E-state index is 8.94. The minimum atomic E-state index is 0.0831. The molecule has 0 bridgehead atoms. The Morgan fingerprint density at radius 1 is 1.47 bits per heavy atom. The highest BCUT2D eigenvalue weighted by Gasteiger charge is 2.07. The quantitative estimate of drug-likeness (QED) is 0.823. The molecule has 1 atom stereocenters. The molecule has 0 aliphatic rings. The minimum absolute atomic E-state index is 0.0831. The number of nitrogens with one attached hydrogen (secondary N) is 1. The first kappa shape index (κ1) is 14.3. The molecule has 1 unspecified atom stereocenters.